The van der Waals surface area contributed by atoms with Crippen LogP contribution in [0.3, 0.4) is 0 Å². The summed E-state index contributed by atoms with van der Waals surface area (Å²) in [5.41, 5.74) is 7.59. The number of sulfonamides is 1. The van der Waals surface area contributed by atoms with Gasteiger partial charge in [-0.15, -0.1) is 0 Å². The number of nitrogens with zero attached hydrogens (tertiary/aromatic N) is 1. The summed E-state index contributed by atoms with van der Waals surface area (Å²) >= 11 is 0. The molecule has 0 saturated heterocycles. The van der Waals surface area contributed by atoms with E-state index in [2.05, 4.69) is 4.72 Å². The lowest BCUT2D eigenvalue weighted by Gasteiger charge is -2.32. The van der Waals surface area contributed by atoms with Crippen LogP contribution in [0.5, 0.6) is 0 Å². The standard InChI is InChI=1S/C17H25N3O4S/c1-11(21)16(18)17(22)20-8-7-12-5-6-15(9-13(12)10-20)25(23,24)19-14-3-2-4-14/h5-6,9,11,14,16,19,21H,2-4,7-8,10,18H2,1H3/t11-,16+/m1/s1. The van der Waals surface area contributed by atoms with Crippen LogP contribution < -0.4 is 10.5 Å². The number of benzene rings is 1. The van der Waals surface area contributed by atoms with E-state index in [1.165, 1.54) is 6.92 Å². The molecule has 138 valence electrons. The van der Waals surface area contributed by atoms with Crippen molar-refractivity contribution < 1.29 is 18.3 Å². The molecule has 0 spiro atoms. The van der Waals surface area contributed by atoms with Gasteiger partial charge in [0.2, 0.25) is 15.9 Å². The Morgan fingerprint density at radius 1 is 1.36 bits per heavy atom. The fourth-order valence-electron chi connectivity index (χ4n) is 3.12. The highest BCUT2D eigenvalue weighted by Gasteiger charge is 2.29. The molecule has 3 rings (SSSR count). The van der Waals surface area contributed by atoms with Crippen LogP contribution in [-0.2, 0) is 27.8 Å². The molecule has 0 bridgehead atoms. The molecule has 1 aromatic rings. The molecular formula is C17H25N3O4S. The van der Waals surface area contributed by atoms with Crippen LogP contribution in [0.2, 0.25) is 0 Å². The molecule has 2 aliphatic rings. The molecule has 0 unspecified atom stereocenters. The molecule has 25 heavy (non-hydrogen) atoms. The first-order valence-electron chi connectivity index (χ1n) is 8.64. The second-order valence-electron chi connectivity index (χ2n) is 6.96. The maximum Gasteiger partial charge on any atom is 0.242 e. The van der Waals surface area contributed by atoms with E-state index in [1.54, 1.807) is 17.0 Å². The normalized spacial score (nSPS) is 20.5. The molecule has 0 aromatic heterocycles. The zero-order chi connectivity index (χ0) is 18.2. The van der Waals surface area contributed by atoms with E-state index in [0.29, 0.717) is 19.5 Å². The first-order chi connectivity index (χ1) is 11.8. The second-order valence-corrected chi connectivity index (χ2v) is 8.67. The zero-order valence-electron chi connectivity index (χ0n) is 14.3. The summed E-state index contributed by atoms with van der Waals surface area (Å²) in [6, 6.07) is 4.15. The number of rotatable bonds is 5. The maximum atomic E-state index is 12.5. The van der Waals surface area contributed by atoms with Gasteiger partial charge < -0.3 is 15.7 Å². The van der Waals surface area contributed by atoms with Crippen molar-refractivity contribution in [3.8, 4) is 0 Å². The topological polar surface area (TPSA) is 113 Å². The summed E-state index contributed by atoms with van der Waals surface area (Å²) in [6.45, 7) is 2.30. The molecule has 1 heterocycles. The highest BCUT2D eigenvalue weighted by Crippen LogP contribution is 2.25. The number of carbonyl (C=O) groups excluding carboxylic acids is 1. The van der Waals surface area contributed by atoms with Crippen molar-refractivity contribution in [2.75, 3.05) is 6.54 Å². The number of nitrogens with two attached hydrogens (primary N) is 1. The number of aliphatic hydroxyl groups excluding tert-OH is 1. The summed E-state index contributed by atoms with van der Waals surface area (Å²) in [7, 11) is -3.54. The number of hydrogen-bond donors (Lipinski definition) is 3. The highest BCUT2D eigenvalue weighted by atomic mass is 32.2. The largest absolute Gasteiger partial charge is 0.391 e. The zero-order valence-corrected chi connectivity index (χ0v) is 15.1. The number of fused-ring (bicyclic) bond motifs is 1. The van der Waals surface area contributed by atoms with Crippen molar-refractivity contribution >= 4 is 15.9 Å². The number of nitrogens with one attached hydrogen (secondary N) is 1. The molecule has 8 heteroatoms. The Hall–Kier alpha value is -1.48. The quantitative estimate of drug-likeness (QED) is 0.684. The lowest BCUT2D eigenvalue weighted by molar-refractivity contribution is -0.135. The molecule has 1 fully saturated rings. The van der Waals surface area contributed by atoms with Crippen molar-refractivity contribution in [2.45, 2.75) is 62.2 Å². The molecular weight excluding hydrogens is 342 g/mol. The predicted molar refractivity (Wildman–Crippen MR) is 93.2 cm³/mol. The maximum absolute atomic E-state index is 12.5. The minimum Gasteiger partial charge on any atom is -0.391 e. The smallest absolute Gasteiger partial charge is 0.242 e. The van der Waals surface area contributed by atoms with E-state index >= 15 is 0 Å². The molecule has 1 saturated carbocycles. The third-order valence-corrected chi connectivity index (χ3v) is 6.56. The molecule has 2 atom stereocenters. The average Bonchev–Trinajstić information content (AvgIpc) is 2.55. The first kappa shape index (κ1) is 18.3. The minimum absolute atomic E-state index is 0.0307. The van der Waals surface area contributed by atoms with Gasteiger partial charge in [0.05, 0.1) is 11.0 Å². The van der Waals surface area contributed by atoms with Gasteiger partial charge >= 0.3 is 0 Å². The van der Waals surface area contributed by atoms with E-state index in [1.807, 2.05) is 6.07 Å². The van der Waals surface area contributed by atoms with Crippen molar-refractivity contribution in [2.24, 2.45) is 5.73 Å². The van der Waals surface area contributed by atoms with Gasteiger partial charge in [-0.25, -0.2) is 13.1 Å². The molecule has 1 aliphatic carbocycles. The van der Waals surface area contributed by atoms with Crippen LogP contribution in [0.25, 0.3) is 0 Å². The van der Waals surface area contributed by atoms with Crippen LogP contribution >= 0.6 is 0 Å². The molecule has 1 aliphatic heterocycles. The third kappa shape index (κ3) is 3.87. The number of hydrogen-bond acceptors (Lipinski definition) is 5. The minimum atomic E-state index is -3.54. The van der Waals surface area contributed by atoms with Gasteiger partial charge in [0.25, 0.3) is 0 Å². The molecule has 4 N–H and O–H groups in total. The van der Waals surface area contributed by atoms with E-state index in [4.69, 9.17) is 5.73 Å². The van der Waals surface area contributed by atoms with Crippen LogP contribution in [0, 0.1) is 0 Å². The Bertz CT molecular complexity index is 759. The van der Waals surface area contributed by atoms with Gasteiger partial charge in [0.15, 0.2) is 0 Å². The monoisotopic (exact) mass is 367 g/mol. The fourth-order valence-corrected chi connectivity index (χ4v) is 4.47. The Morgan fingerprint density at radius 3 is 2.68 bits per heavy atom. The summed E-state index contributed by atoms with van der Waals surface area (Å²) in [4.78, 5) is 14.1. The molecule has 0 radical (unpaired) electrons. The Morgan fingerprint density at radius 2 is 2.08 bits per heavy atom. The van der Waals surface area contributed by atoms with Crippen molar-refractivity contribution in [3.05, 3.63) is 29.3 Å². The van der Waals surface area contributed by atoms with Crippen LogP contribution in [0.15, 0.2) is 23.1 Å². The van der Waals surface area contributed by atoms with Gasteiger partial charge in [0.1, 0.15) is 6.04 Å². The second kappa shape index (κ2) is 7.03. The SMILES string of the molecule is C[C@@H](O)[C@H](N)C(=O)N1CCc2ccc(S(=O)(=O)NC3CCC3)cc2C1. The first-order valence-corrected chi connectivity index (χ1v) is 10.1. The van der Waals surface area contributed by atoms with Crippen LogP contribution in [0.1, 0.15) is 37.3 Å². The lowest BCUT2D eigenvalue weighted by Crippen LogP contribution is -2.50. The van der Waals surface area contributed by atoms with Gasteiger partial charge in [-0.3, -0.25) is 4.79 Å². The molecule has 1 amide bonds. The number of amides is 1. The fraction of sp³-hybridized carbons (Fsp3) is 0.588. The van der Waals surface area contributed by atoms with Gasteiger partial charge in [-0.2, -0.15) is 0 Å². The summed E-state index contributed by atoms with van der Waals surface area (Å²) in [5, 5.41) is 9.52. The van der Waals surface area contributed by atoms with E-state index in [-0.39, 0.29) is 16.8 Å². The molecule has 1 aromatic carbocycles. The van der Waals surface area contributed by atoms with Crippen LogP contribution in [0.4, 0.5) is 0 Å². The number of aliphatic hydroxyl groups is 1. The third-order valence-electron chi connectivity index (χ3n) is 5.04. The Labute approximate surface area is 148 Å². The van der Waals surface area contributed by atoms with E-state index in [0.717, 1.165) is 30.4 Å². The molecule has 7 nitrogen and oxygen atoms in total. The Kier molecular flexibility index (Phi) is 5.15. The lowest BCUT2D eigenvalue weighted by atomic mass is 9.94. The van der Waals surface area contributed by atoms with Gasteiger partial charge in [-0.05, 0) is 49.4 Å². The predicted octanol–water partition coefficient (Wildman–Crippen LogP) is 0.110. The van der Waals surface area contributed by atoms with Crippen molar-refractivity contribution in [3.63, 3.8) is 0 Å². The van der Waals surface area contributed by atoms with E-state index in [9.17, 15) is 18.3 Å². The highest BCUT2D eigenvalue weighted by molar-refractivity contribution is 7.89. The van der Waals surface area contributed by atoms with Gasteiger partial charge in [-0.1, -0.05) is 12.5 Å². The average molecular weight is 367 g/mol. The number of carbonyl (C=O) groups is 1. The summed E-state index contributed by atoms with van der Waals surface area (Å²) in [5.74, 6) is -0.318. The van der Waals surface area contributed by atoms with Gasteiger partial charge in [0, 0.05) is 19.1 Å². The van der Waals surface area contributed by atoms with Crippen molar-refractivity contribution in [1.29, 1.82) is 0 Å². The van der Waals surface area contributed by atoms with Crippen molar-refractivity contribution in [1.82, 2.24) is 9.62 Å². The van der Waals surface area contributed by atoms with E-state index < -0.39 is 22.2 Å². The summed E-state index contributed by atoms with van der Waals surface area (Å²) in [6.07, 6.45) is 2.53. The van der Waals surface area contributed by atoms with Crippen LogP contribution in [-0.4, -0.2) is 49.1 Å². The Balaban J connectivity index is 1.78. The summed E-state index contributed by atoms with van der Waals surface area (Å²) < 4.78 is 27.7.